The molecule has 1 aromatic carbocycles. The van der Waals surface area contributed by atoms with E-state index in [0.717, 1.165) is 0 Å². The lowest BCUT2D eigenvalue weighted by Gasteiger charge is -2.12. The molecule has 6 nitrogen and oxygen atoms in total. The molecule has 1 amide bonds. The molecule has 0 atom stereocenters. The van der Waals surface area contributed by atoms with Crippen molar-refractivity contribution in [2.75, 3.05) is 11.9 Å². The Morgan fingerprint density at radius 2 is 2.11 bits per heavy atom. The molecule has 0 radical (unpaired) electrons. The molecule has 19 heavy (non-hydrogen) atoms. The number of carbonyl (C=O) groups is 1. The van der Waals surface area contributed by atoms with Gasteiger partial charge < -0.3 is 4.74 Å². The fourth-order valence-electron chi connectivity index (χ4n) is 1.19. The number of rotatable bonds is 3. The highest BCUT2D eigenvalue weighted by Gasteiger charge is 2.23. The molecule has 0 aromatic heterocycles. The third-order valence-electron chi connectivity index (χ3n) is 1.95. The molecule has 9 heteroatoms. The molecule has 0 saturated heterocycles. The maximum Gasteiger partial charge on any atom is 0.411 e. The Morgan fingerprint density at radius 1 is 1.47 bits per heavy atom. The number of carbonyl (C=O) groups excluding carboxylic acids is 1. The van der Waals surface area contributed by atoms with E-state index in [0.29, 0.717) is 5.56 Å². The topological polar surface area (TPSA) is 81.5 Å². The first-order chi connectivity index (χ1) is 8.69. The average Bonchev–Trinajstić information content (AvgIpc) is 2.28. The third-order valence-corrected chi connectivity index (χ3v) is 2.28. The number of nitrogens with one attached hydrogen (secondary N) is 1. The lowest BCUT2D eigenvalue weighted by molar-refractivity contribution is -0.384. The minimum absolute atomic E-state index is 0.00455. The van der Waals surface area contributed by atoms with Gasteiger partial charge in [-0.25, -0.2) is 4.79 Å². The number of hydrogen-bond acceptors (Lipinski definition) is 4. The summed E-state index contributed by atoms with van der Waals surface area (Å²) < 4.78 is 2.87. The number of alkyl halides is 3. The highest BCUT2D eigenvalue weighted by molar-refractivity contribution is 6.67. The zero-order valence-corrected chi connectivity index (χ0v) is 11.9. The van der Waals surface area contributed by atoms with Crippen LogP contribution in [0.25, 0.3) is 0 Å². The standard InChI is InChI=1S/C10H9Cl3N2O4/c1-6-2-3-7(8(4-6)15(17)18)14-9(16)19-5-10(11,12)13/h2-4H,5H2,1H3,(H,14,16). The van der Waals surface area contributed by atoms with Crippen molar-refractivity contribution >= 4 is 52.3 Å². The number of benzene rings is 1. The second-order valence-electron chi connectivity index (χ2n) is 3.59. The average molecular weight is 328 g/mol. The van der Waals surface area contributed by atoms with Crippen LogP contribution in [0.4, 0.5) is 16.2 Å². The van der Waals surface area contributed by atoms with Crippen LogP contribution < -0.4 is 5.32 Å². The van der Waals surface area contributed by atoms with Crippen molar-refractivity contribution in [2.45, 2.75) is 10.7 Å². The van der Waals surface area contributed by atoms with Crippen molar-refractivity contribution in [2.24, 2.45) is 0 Å². The predicted molar refractivity (Wildman–Crippen MR) is 73.1 cm³/mol. The lowest BCUT2D eigenvalue weighted by atomic mass is 10.2. The van der Waals surface area contributed by atoms with Gasteiger partial charge in [0, 0.05) is 6.07 Å². The van der Waals surface area contributed by atoms with Gasteiger partial charge in [0.05, 0.1) is 4.92 Å². The zero-order chi connectivity index (χ0) is 14.6. The van der Waals surface area contributed by atoms with Crippen molar-refractivity contribution < 1.29 is 14.5 Å². The molecule has 0 heterocycles. The zero-order valence-electron chi connectivity index (χ0n) is 9.65. The van der Waals surface area contributed by atoms with Crippen LogP contribution in [0.1, 0.15) is 5.56 Å². The number of nitrogens with zero attached hydrogens (tertiary/aromatic N) is 1. The van der Waals surface area contributed by atoms with E-state index in [1.807, 2.05) is 0 Å². The Kier molecular flexibility index (Phi) is 5.22. The first-order valence-electron chi connectivity index (χ1n) is 4.94. The van der Waals surface area contributed by atoms with Crippen LogP contribution in [0.5, 0.6) is 0 Å². The Labute approximate surface area is 123 Å². The smallest absolute Gasteiger partial charge is 0.411 e. The number of aryl methyl sites for hydroxylation is 1. The van der Waals surface area contributed by atoms with E-state index in [1.54, 1.807) is 13.0 Å². The minimum Gasteiger partial charge on any atom is -0.445 e. The molecule has 0 fully saturated rings. The monoisotopic (exact) mass is 326 g/mol. The summed E-state index contributed by atoms with van der Waals surface area (Å²) in [5, 5.41) is 13.0. The molecule has 0 aliphatic rings. The molecule has 0 bridgehead atoms. The Morgan fingerprint density at radius 3 is 2.63 bits per heavy atom. The second-order valence-corrected chi connectivity index (χ2v) is 6.11. The van der Waals surface area contributed by atoms with Crippen molar-refractivity contribution in [3.05, 3.63) is 33.9 Å². The van der Waals surface area contributed by atoms with Gasteiger partial charge in [0.1, 0.15) is 12.3 Å². The molecule has 1 aromatic rings. The van der Waals surface area contributed by atoms with Gasteiger partial charge in [0.2, 0.25) is 3.79 Å². The summed E-state index contributed by atoms with van der Waals surface area (Å²) in [6.07, 6.45) is -0.946. The minimum atomic E-state index is -1.74. The van der Waals surface area contributed by atoms with E-state index < -0.39 is 21.4 Å². The highest BCUT2D eigenvalue weighted by atomic mass is 35.6. The highest BCUT2D eigenvalue weighted by Crippen LogP contribution is 2.27. The SMILES string of the molecule is Cc1ccc(NC(=O)OCC(Cl)(Cl)Cl)c([N+](=O)[O-])c1. The van der Waals surface area contributed by atoms with E-state index in [1.165, 1.54) is 12.1 Å². The first-order valence-corrected chi connectivity index (χ1v) is 6.08. The number of anilines is 1. The van der Waals surface area contributed by atoms with E-state index in [-0.39, 0.29) is 11.4 Å². The molecular formula is C10H9Cl3N2O4. The van der Waals surface area contributed by atoms with Crippen LogP contribution in [-0.4, -0.2) is 21.4 Å². The van der Waals surface area contributed by atoms with Gasteiger partial charge in [-0.3, -0.25) is 15.4 Å². The van der Waals surface area contributed by atoms with Crippen molar-refractivity contribution in [3.8, 4) is 0 Å². The summed E-state index contributed by atoms with van der Waals surface area (Å²) >= 11 is 16.2. The van der Waals surface area contributed by atoms with Crippen LogP contribution in [0.2, 0.25) is 0 Å². The van der Waals surface area contributed by atoms with Crippen LogP contribution in [0, 0.1) is 17.0 Å². The number of nitro groups is 1. The quantitative estimate of drug-likeness (QED) is 0.520. The molecule has 0 unspecified atom stereocenters. The van der Waals surface area contributed by atoms with Crippen molar-refractivity contribution in [3.63, 3.8) is 0 Å². The first kappa shape index (κ1) is 15.8. The Balaban J connectivity index is 2.77. The van der Waals surface area contributed by atoms with E-state index in [4.69, 9.17) is 34.8 Å². The number of ether oxygens (including phenoxy) is 1. The molecule has 0 saturated carbocycles. The van der Waals surface area contributed by atoms with Crippen LogP contribution in [0.3, 0.4) is 0 Å². The second kappa shape index (κ2) is 6.27. The van der Waals surface area contributed by atoms with Gasteiger partial charge in [-0.05, 0) is 18.6 Å². The summed E-state index contributed by atoms with van der Waals surface area (Å²) in [6, 6.07) is 4.33. The fraction of sp³-hybridized carbons (Fsp3) is 0.300. The molecule has 0 aliphatic carbocycles. The van der Waals surface area contributed by atoms with E-state index in [9.17, 15) is 14.9 Å². The lowest BCUT2D eigenvalue weighted by Crippen LogP contribution is -2.21. The molecule has 104 valence electrons. The van der Waals surface area contributed by atoms with Gasteiger partial charge >= 0.3 is 6.09 Å². The van der Waals surface area contributed by atoms with Gasteiger partial charge in [-0.15, -0.1) is 0 Å². The number of nitro benzene ring substituents is 1. The van der Waals surface area contributed by atoms with Crippen LogP contribution in [-0.2, 0) is 4.74 Å². The predicted octanol–water partition coefficient (Wildman–Crippen LogP) is 3.82. The Hall–Kier alpha value is -1.24. The molecular weight excluding hydrogens is 318 g/mol. The summed E-state index contributed by atoms with van der Waals surface area (Å²) in [6.45, 7) is 1.22. The van der Waals surface area contributed by atoms with Crippen molar-refractivity contribution in [1.29, 1.82) is 0 Å². The summed E-state index contributed by atoms with van der Waals surface area (Å²) in [5.41, 5.74) is 0.447. The van der Waals surface area contributed by atoms with Crippen LogP contribution in [0.15, 0.2) is 18.2 Å². The van der Waals surface area contributed by atoms with E-state index in [2.05, 4.69) is 10.1 Å². The molecule has 1 N–H and O–H groups in total. The van der Waals surface area contributed by atoms with Gasteiger partial charge in [0.25, 0.3) is 5.69 Å². The maximum absolute atomic E-state index is 11.4. The number of amides is 1. The Bertz CT molecular complexity index is 502. The molecule has 0 aliphatic heterocycles. The van der Waals surface area contributed by atoms with Gasteiger partial charge in [0.15, 0.2) is 0 Å². The molecule has 0 spiro atoms. The van der Waals surface area contributed by atoms with Gasteiger partial charge in [-0.1, -0.05) is 40.9 Å². The summed E-state index contributed by atoms with van der Waals surface area (Å²) in [4.78, 5) is 21.6. The van der Waals surface area contributed by atoms with Gasteiger partial charge in [-0.2, -0.15) is 0 Å². The third kappa shape index (κ3) is 5.50. The maximum atomic E-state index is 11.4. The fourth-order valence-corrected chi connectivity index (χ4v) is 1.36. The summed E-state index contributed by atoms with van der Waals surface area (Å²) in [7, 11) is 0. The normalized spacial score (nSPS) is 10.9. The largest absolute Gasteiger partial charge is 0.445 e. The molecule has 1 rings (SSSR count). The van der Waals surface area contributed by atoms with E-state index >= 15 is 0 Å². The number of hydrogen-bond donors (Lipinski definition) is 1. The summed E-state index contributed by atoms with van der Waals surface area (Å²) in [5.74, 6) is 0. The van der Waals surface area contributed by atoms with Crippen LogP contribution >= 0.6 is 34.8 Å². The van der Waals surface area contributed by atoms with Crippen molar-refractivity contribution in [1.82, 2.24) is 0 Å². The number of halogens is 3.